The Morgan fingerprint density at radius 2 is 2.33 bits per heavy atom. The third-order valence-electron chi connectivity index (χ3n) is 1.45. The van der Waals surface area contributed by atoms with Crippen molar-refractivity contribution in [1.29, 1.82) is 0 Å². The molecule has 0 fully saturated rings. The van der Waals surface area contributed by atoms with Gasteiger partial charge in [0.1, 0.15) is 0 Å². The maximum Gasteiger partial charge on any atom is -0.00158 e. The third-order valence-corrected chi connectivity index (χ3v) is 1.45. The van der Waals surface area contributed by atoms with Crippen LogP contribution in [0.25, 0.3) is 0 Å². The van der Waals surface area contributed by atoms with Crippen LogP contribution in [-0.4, -0.2) is 0 Å². The van der Waals surface area contributed by atoms with E-state index in [1.54, 1.807) is 0 Å². The van der Waals surface area contributed by atoms with E-state index < -0.39 is 0 Å². The van der Waals surface area contributed by atoms with E-state index in [4.69, 9.17) is 0 Å². The predicted molar refractivity (Wildman–Crippen MR) is 41.2 cm³/mol. The van der Waals surface area contributed by atoms with Gasteiger partial charge in [-0.1, -0.05) is 36.5 Å². The molecule has 0 saturated heterocycles. The molecule has 1 unspecified atom stereocenters. The van der Waals surface area contributed by atoms with Crippen LogP contribution in [0.15, 0.2) is 36.5 Å². The van der Waals surface area contributed by atoms with Gasteiger partial charge in [-0.25, -0.2) is 0 Å². The Hall–Kier alpha value is -0.780. The van der Waals surface area contributed by atoms with Gasteiger partial charge in [-0.3, -0.25) is 0 Å². The summed E-state index contributed by atoms with van der Waals surface area (Å²) in [5, 5.41) is 0. The van der Waals surface area contributed by atoms with Gasteiger partial charge in [-0.05, 0) is 19.3 Å². The fourth-order valence-electron chi connectivity index (χ4n) is 0.990. The SMILES string of the molecule is CC=CC1C=CC=CC1. The second-order valence-electron chi connectivity index (χ2n) is 2.24. The molecule has 1 rings (SSSR count). The van der Waals surface area contributed by atoms with Crippen molar-refractivity contribution in [3.8, 4) is 0 Å². The molecule has 0 heterocycles. The Bertz CT molecular complexity index is 149. The molecule has 48 valence electrons. The number of hydrogen-bond acceptors (Lipinski definition) is 0. The number of allylic oxidation sites excluding steroid dienone is 6. The highest BCUT2D eigenvalue weighted by atomic mass is 14.0. The Balaban J connectivity index is 2.46. The summed E-state index contributed by atoms with van der Waals surface area (Å²) in [5.74, 6) is 0.653. The second-order valence-corrected chi connectivity index (χ2v) is 2.24. The molecular formula is C9H12. The van der Waals surface area contributed by atoms with Gasteiger partial charge in [0, 0.05) is 0 Å². The molecule has 0 N–H and O–H groups in total. The van der Waals surface area contributed by atoms with Crippen molar-refractivity contribution >= 4 is 0 Å². The molecule has 0 bridgehead atoms. The average Bonchev–Trinajstić information content (AvgIpc) is 1.91. The summed E-state index contributed by atoms with van der Waals surface area (Å²) >= 11 is 0. The van der Waals surface area contributed by atoms with E-state index in [0.29, 0.717) is 5.92 Å². The summed E-state index contributed by atoms with van der Waals surface area (Å²) in [4.78, 5) is 0. The minimum absolute atomic E-state index is 0.653. The molecule has 0 aromatic heterocycles. The molecule has 0 spiro atoms. The van der Waals surface area contributed by atoms with E-state index in [0.717, 1.165) is 0 Å². The van der Waals surface area contributed by atoms with Crippen molar-refractivity contribution < 1.29 is 0 Å². The van der Waals surface area contributed by atoms with Gasteiger partial charge in [-0.15, -0.1) is 0 Å². The lowest BCUT2D eigenvalue weighted by molar-refractivity contribution is 0.821. The summed E-state index contributed by atoms with van der Waals surface area (Å²) in [7, 11) is 0. The molecule has 0 amide bonds. The van der Waals surface area contributed by atoms with Crippen LogP contribution in [0.4, 0.5) is 0 Å². The minimum atomic E-state index is 0.653. The monoisotopic (exact) mass is 120 g/mol. The van der Waals surface area contributed by atoms with Gasteiger partial charge in [0.2, 0.25) is 0 Å². The van der Waals surface area contributed by atoms with E-state index >= 15 is 0 Å². The summed E-state index contributed by atoms with van der Waals surface area (Å²) in [6, 6.07) is 0. The summed E-state index contributed by atoms with van der Waals surface area (Å²) < 4.78 is 0. The van der Waals surface area contributed by atoms with Crippen molar-refractivity contribution in [3.63, 3.8) is 0 Å². The Kier molecular flexibility index (Phi) is 2.32. The van der Waals surface area contributed by atoms with E-state index in [2.05, 4.69) is 43.4 Å². The molecule has 0 nitrogen and oxygen atoms in total. The fraction of sp³-hybridized carbons (Fsp3) is 0.333. The topological polar surface area (TPSA) is 0 Å². The normalized spacial score (nSPS) is 25.7. The van der Waals surface area contributed by atoms with Gasteiger partial charge >= 0.3 is 0 Å². The van der Waals surface area contributed by atoms with Crippen LogP contribution in [-0.2, 0) is 0 Å². The Morgan fingerprint density at radius 1 is 1.44 bits per heavy atom. The largest absolute Gasteiger partial charge is 0.0911 e. The first-order chi connectivity index (χ1) is 4.43. The van der Waals surface area contributed by atoms with Crippen LogP contribution in [0.5, 0.6) is 0 Å². The van der Waals surface area contributed by atoms with Gasteiger partial charge in [0.05, 0.1) is 0 Å². The maximum atomic E-state index is 2.22. The van der Waals surface area contributed by atoms with E-state index in [1.807, 2.05) is 0 Å². The fourth-order valence-corrected chi connectivity index (χ4v) is 0.990. The third kappa shape index (κ3) is 1.88. The average molecular weight is 120 g/mol. The van der Waals surface area contributed by atoms with Crippen molar-refractivity contribution in [1.82, 2.24) is 0 Å². The van der Waals surface area contributed by atoms with E-state index in [9.17, 15) is 0 Å². The highest BCUT2D eigenvalue weighted by Gasteiger charge is 1.97. The van der Waals surface area contributed by atoms with Crippen LogP contribution >= 0.6 is 0 Å². The first-order valence-corrected chi connectivity index (χ1v) is 3.39. The molecular weight excluding hydrogens is 108 g/mol. The van der Waals surface area contributed by atoms with Crippen molar-refractivity contribution in [3.05, 3.63) is 36.5 Å². The first-order valence-electron chi connectivity index (χ1n) is 3.39. The lowest BCUT2D eigenvalue weighted by Gasteiger charge is -2.05. The lowest BCUT2D eigenvalue weighted by Crippen LogP contribution is -1.90. The van der Waals surface area contributed by atoms with Gasteiger partial charge in [0.25, 0.3) is 0 Å². The number of rotatable bonds is 1. The van der Waals surface area contributed by atoms with Crippen molar-refractivity contribution in [2.45, 2.75) is 13.3 Å². The molecule has 1 aliphatic rings. The van der Waals surface area contributed by atoms with E-state index in [-0.39, 0.29) is 0 Å². The zero-order valence-corrected chi connectivity index (χ0v) is 5.75. The summed E-state index contributed by atoms with van der Waals surface area (Å²) in [6.07, 6.45) is 14.1. The highest BCUT2D eigenvalue weighted by molar-refractivity contribution is 5.14. The van der Waals surface area contributed by atoms with Crippen LogP contribution in [0, 0.1) is 5.92 Å². The van der Waals surface area contributed by atoms with Crippen LogP contribution in [0.1, 0.15) is 13.3 Å². The van der Waals surface area contributed by atoms with Crippen LogP contribution < -0.4 is 0 Å². The molecule has 1 aliphatic carbocycles. The maximum absolute atomic E-state index is 2.22. The zero-order valence-electron chi connectivity index (χ0n) is 5.75. The predicted octanol–water partition coefficient (Wildman–Crippen LogP) is 2.69. The standard InChI is InChI=1S/C9H12/c1-2-6-9-7-4-3-5-8-9/h2-7,9H,8H2,1H3. The molecule has 9 heavy (non-hydrogen) atoms. The molecule has 0 heteroatoms. The molecule has 0 aliphatic heterocycles. The first kappa shape index (κ1) is 6.34. The number of hydrogen-bond donors (Lipinski definition) is 0. The van der Waals surface area contributed by atoms with Crippen LogP contribution in [0.2, 0.25) is 0 Å². The van der Waals surface area contributed by atoms with Gasteiger partial charge in [-0.2, -0.15) is 0 Å². The molecule has 0 aromatic carbocycles. The zero-order chi connectivity index (χ0) is 6.53. The van der Waals surface area contributed by atoms with Gasteiger partial charge in [0.15, 0.2) is 0 Å². The molecule has 0 radical (unpaired) electrons. The van der Waals surface area contributed by atoms with E-state index in [1.165, 1.54) is 6.42 Å². The summed E-state index contributed by atoms with van der Waals surface area (Å²) in [5.41, 5.74) is 0. The van der Waals surface area contributed by atoms with Crippen molar-refractivity contribution in [2.75, 3.05) is 0 Å². The van der Waals surface area contributed by atoms with Crippen molar-refractivity contribution in [2.24, 2.45) is 5.92 Å². The Morgan fingerprint density at radius 3 is 2.89 bits per heavy atom. The molecule has 0 saturated carbocycles. The van der Waals surface area contributed by atoms with Gasteiger partial charge < -0.3 is 0 Å². The van der Waals surface area contributed by atoms with Crippen LogP contribution in [0.3, 0.4) is 0 Å². The second kappa shape index (κ2) is 3.29. The lowest BCUT2D eigenvalue weighted by atomic mass is 10.0. The smallest absolute Gasteiger partial charge is 0.00158 e. The molecule has 1 atom stereocenters. The Labute approximate surface area is 56.6 Å². The summed E-state index contributed by atoms with van der Waals surface area (Å²) in [6.45, 7) is 2.06. The molecule has 0 aromatic rings. The minimum Gasteiger partial charge on any atom is -0.0911 e. The highest BCUT2D eigenvalue weighted by Crippen LogP contribution is 2.11. The quantitative estimate of drug-likeness (QED) is 0.467.